The fourth-order valence-corrected chi connectivity index (χ4v) is 3.16. The van der Waals surface area contributed by atoms with Crippen LogP contribution >= 0.6 is 0 Å². The van der Waals surface area contributed by atoms with Crippen LogP contribution in [0.5, 0.6) is 0 Å². The third-order valence-corrected chi connectivity index (χ3v) is 4.31. The maximum Gasteiger partial charge on any atom is 0.319 e. The first-order valence-corrected chi connectivity index (χ1v) is 8.00. The summed E-state index contributed by atoms with van der Waals surface area (Å²) in [5.41, 5.74) is 3.33. The van der Waals surface area contributed by atoms with E-state index in [0.29, 0.717) is 17.8 Å². The molecule has 0 fully saturated rings. The van der Waals surface area contributed by atoms with Gasteiger partial charge in [0.2, 0.25) is 0 Å². The van der Waals surface area contributed by atoms with Gasteiger partial charge in [0.15, 0.2) is 0 Å². The fraction of sp³-hybridized carbons (Fsp3) is 0.167. The topological polar surface area (TPSA) is 92.1 Å². The summed E-state index contributed by atoms with van der Waals surface area (Å²) in [6, 6.07) is 14.2. The molecule has 0 unspecified atom stereocenters. The predicted molar refractivity (Wildman–Crippen MR) is 92.4 cm³/mol. The molecule has 1 aromatic heterocycles. The van der Waals surface area contributed by atoms with Crippen molar-refractivity contribution in [3.8, 4) is 5.69 Å². The minimum atomic E-state index is -0.631. The normalized spacial score (nSPS) is 18.6. The Morgan fingerprint density at radius 1 is 1.16 bits per heavy atom. The fourth-order valence-electron chi connectivity index (χ4n) is 3.16. The van der Waals surface area contributed by atoms with Gasteiger partial charge in [-0.3, -0.25) is 0 Å². The summed E-state index contributed by atoms with van der Waals surface area (Å²) < 4.78 is 1.58. The van der Waals surface area contributed by atoms with Gasteiger partial charge in [-0.15, -0.1) is 0 Å². The van der Waals surface area contributed by atoms with Crippen molar-refractivity contribution in [3.63, 3.8) is 0 Å². The van der Waals surface area contributed by atoms with Gasteiger partial charge in [0, 0.05) is 6.42 Å². The number of aromatic nitrogens is 3. The second kappa shape index (κ2) is 6.37. The van der Waals surface area contributed by atoms with E-state index in [2.05, 4.69) is 20.7 Å². The minimum Gasteiger partial charge on any atom is -0.390 e. The van der Waals surface area contributed by atoms with E-state index in [1.165, 1.54) is 6.33 Å². The molecule has 3 N–H and O–H groups in total. The van der Waals surface area contributed by atoms with Crippen LogP contribution in [-0.4, -0.2) is 32.0 Å². The molecular weight excluding hydrogens is 318 g/mol. The quantitative estimate of drug-likeness (QED) is 0.683. The highest BCUT2D eigenvalue weighted by Gasteiger charge is 2.31. The third kappa shape index (κ3) is 2.97. The summed E-state index contributed by atoms with van der Waals surface area (Å²) in [5.74, 6) is 0. The van der Waals surface area contributed by atoms with Gasteiger partial charge in [0.1, 0.15) is 12.7 Å². The summed E-state index contributed by atoms with van der Waals surface area (Å²) in [6.07, 6.45) is 2.91. The van der Waals surface area contributed by atoms with Crippen molar-refractivity contribution < 1.29 is 9.90 Å². The van der Waals surface area contributed by atoms with E-state index in [1.54, 1.807) is 17.1 Å². The third-order valence-electron chi connectivity index (χ3n) is 4.31. The molecule has 1 heterocycles. The highest BCUT2D eigenvalue weighted by Crippen LogP contribution is 2.31. The molecule has 7 heteroatoms. The molecule has 0 bridgehead atoms. The van der Waals surface area contributed by atoms with Gasteiger partial charge >= 0.3 is 6.03 Å². The predicted octanol–water partition coefficient (Wildman–Crippen LogP) is 2.05. The van der Waals surface area contributed by atoms with Crippen LogP contribution in [0.25, 0.3) is 5.69 Å². The lowest BCUT2D eigenvalue weighted by molar-refractivity contribution is 0.144. The van der Waals surface area contributed by atoms with Gasteiger partial charge in [-0.05, 0) is 23.3 Å². The number of urea groups is 1. The summed E-state index contributed by atoms with van der Waals surface area (Å²) in [4.78, 5) is 16.4. The number of aliphatic hydroxyl groups is 1. The summed E-state index contributed by atoms with van der Waals surface area (Å²) >= 11 is 0. The lowest BCUT2D eigenvalue weighted by atomic mass is 10.1. The Kier molecular flexibility index (Phi) is 3.91. The number of para-hydroxylation sites is 2. The second-order valence-electron chi connectivity index (χ2n) is 5.90. The molecule has 0 radical (unpaired) electrons. The monoisotopic (exact) mass is 335 g/mol. The number of aliphatic hydroxyl groups excluding tert-OH is 1. The zero-order valence-electron chi connectivity index (χ0n) is 13.3. The number of nitrogens with zero attached hydrogens (tertiary/aromatic N) is 3. The Labute approximate surface area is 144 Å². The van der Waals surface area contributed by atoms with Gasteiger partial charge < -0.3 is 15.7 Å². The largest absolute Gasteiger partial charge is 0.390 e. The van der Waals surface area contributed by atoms with E-state index in [9.17, 15) is 9.90 Å². The Bertz CT molecular complexity index is 894. The molecule has 0 spiro atoms. The molecule has 0 saturated heterocycles. The number of carbonyl (C=O) groups excluding carboxylic acids is 1. The van der Waals surface area contributed by atoms with E-state index in [0.717, 1.165) is 11.1 Å². The van der Waals surface area contributed by atoms with E-state index in [1.807, 2.05) is 42.5 Å². The van der Waals surface area contributed by atoms with Crippen molar-refractivity contribution in [2.24, 2.45) is 0 Å². The van der Waals surface area contributed by atoms with E-state index in [4.69, 9.17) is 0 Å². The molecule has 2 amide bonds. The van der Waals surface area contributed by atoms with Crippen molar-refractivity contribution >= 4 is 11.7 Å². The molecule has 1 aliphatic carbocycles. The molecule has 1 aliphatic rings. The van der Waals surface area contributed by atoms with E-state index in [-0.39, 0.29) is 6.03 Å². The van der Waals surface area contributed by atoms with Crippen LogP contribution in [0.3, 0.4) is 0 Å². The lowest BCUT2D eigenvalue weighted by Gasteiger charge is -2.19. The number of rotatable bonds is 3. The number of benzene rings is 2. The Morgan fingerprint density at radius 3 is 2.80 bits per heavy atom. The van der Waals surface area contributed by atoms with Crippen LogP contribution in [0.4, 0.5) is 10.5 Å². The van der Waals surface area contributed by atoms with Crippen molar-refractivity contribution in [3.05, 3.63) is 72.3 Å². The first kappa shape index (κ1) is 15.3. The molecule has 3 aromatic rings. The molecule has 0 aliphatic heterocycles. The van der Waals surface area contributed by atoms with Gasteiger partial charge in [-0.2, -0.15) is 5.10 Å². The molecule has 2 aromatic carbocycles. The first-order valence-electron chi connectivity index (χ1n) is 8.00. The number of hydrogen-bond donors (Lipinski definition) is 3. The SMILES string of the molecule is O=C(Nc1ccccc1-n1cncn1)N[C@@H]1c2ccccc2C[C@@H]1O. The number of fused-ring (bicyclic) bond motifs is 1. The van der Waals surface area contributed by atoms with Crippen LogP contribution < -0.4 is 10.6 Å². The first-order chi connectivity index (χ1) is 12.2. The van der Waals surface area contributed by atoms with Gasteiger partial charge in [-0.25, -0.2) is 14.5 Å². The average molecular weight is 335 g/mol. The van der Waals surface area contributed by atoms with E-state index < -0.39 is 12.1 Å². The Hall–Kier alpha value is -3.19. The van der Waals surface area contributed by atoms with Crippen LogP contribution in [0.15, 0.2) is 61.2 Å². The minimum absolute atomic E-state index is 0.381. The highest BCUT2D eigenvalue weighted by atomic mass is 16.3. The van der Waals surface area contributed by atoms with Crippen LogP contribution in [0.1, 0.15) is 17.2 Å². The molecule has 0 saturated carbocycles. The van der Waals surface area contributed by atoms with Crippen LogP contribution in [0, 0.1) is 0 Å². The van der Waals surface area contributed by atoms with Gasteiger partial charge in [0.05, 0.1) is 23.5 Å². The number of carbonyl (C=O) groups is 1. The maximum absolute atomic E-state index is 12.5. The molecule has 2 atom stereocenters. The zero-order valence-corrected chi connectivity index (χ0v) is 13.3. The summed E-state index contributed by atoms with van der Waals surface area (Å²) in [7, 11) is 0. The average Bonchev–Trinajstić information content (AvgIpc) is 3.24. The summed E-state index contributed by atoms with van der Waals surface area (Å²) in [6.45, 7) is 0. The molecular formula is C18H17N5O2. The number of amides is 2. The maximum atomic E-state index is 12.5. The van der Waals surface area contributed by atoms with Crippen LogP contribution in [-0.2, 0) is 6.42 Å². The van der Waals surface area contributed by atoms with Crippen LogP contribution in [0.2, 0.25) is 0 Å². The van der Waals surface area contributed by atoms with Crippen molar-refractivity contribution in [1.82, 2.24) is 20.1 Å². The molecule has 7 nitrogen and oxygen atoms in total. The molecule has 4 rings (SSSR count). The standard InChI is InChI=1S/C18H17N5O2/c24-16-9-12-5-1-2-6-13(12)17(16)22-18(25)21-14-7-3-4-8-15(14)23-11-19-10-20-23/h1-8,10-11,16-17,24H,9H2,(H2,21,22,25)/t16-,17+/m0/s1. The Balaban J connectivity index is 1.53. The lowest BCUT2D eigenvalue weighted by Crippen LogP contribution is -2.37. The zero-order chi connectivity index (χ0) is 17.2. The molecule has 126 valence electrons. The van der Waals surface area contributed by atoms with Crippen molar-refractivity contribution in [2.75, 3.05) is 5.32 Å². The smallest absolute Gasteiger partial charge is 0.319 e. The van der Waals surface area contributed by atoms with Gasteiger partial charge in [0.25, 0.3) is 0 Å². The van der Waals surface area contributed by atoms with Gasteiger partial charge in [-0.1, -0.05) is 36.4 Å². The second-order valence-corrected chi connectivity index (χ2v) is 5.90. The van der Waals surface area contributed by atoms with Crippen molar-refractivity contribution in [1.29, 1.82) is 0 Å². The van der Waals surface area contributed by atoms with E-state index >= 15 is 0 Å². The number of hydrogen-bond acceptors (Lipinski definition) is 4. The highest BCUT2D eigenvalue weighted by molar-refractivity contribution is 5.91. The number of nitrogens with one attached hydrogen (secondary N) is 2. The van der Waals surface area contributed by atoms with Crippen molar-refractivity contribution in [2.45, 2.75) is 18.6 Å². The number of anilines is 1. The molecule has 25 heavy (non-hydrogen) atoms. The Morgan fingerprint density at radius 2 is 1.96 bits per heavy atom. The summed E-state index contributed by atoms with van der Waals surface area (Å²) in [5, 5.41) is 20.0.